The maximum Gasteiger partial charge on any atom is 0.238 e. The van der Waals surface area contributed by atoms with Crippen molar-refractivity contribution in [3.8, 4) is 22.6 Å². The van der Waals surface area contributed by atoms with Crippen molar-refractivity contribution in [2.24, 2.45) is 10.9 Å². The maximum atomic E-state index is 11.6. The average Bonchev–Trinajstić information content (AvgIpc) is 2.83. The van der Waals surface area contributed by atoms with Crippen LogP contribution < -0.4 is 21.5 Å². The monoisotopic (exact) mass is 475 g/mol. The fraction of sp³-hybridized carbons (Fsp3) is 0.208. The Kier molecular flexibility index (Phi) is 5.64. The third-order valence-electron chi connectivity index (χ3n) is 6.05. The Morgan fingerprint density at radius 3 is 2.53 bits per heavy atom. The first-order valence-corrected chi connectivity index (χ1v) is 12.5. The van der Waals surface area contributed by atoms with E-state index >= 15 is 0 Å². The van der Waals surface area contributed by atoms with Crippen molar-refractivity contribution < 1.29 is 8.42 Å². The van der Waals surface area contributed by atoms with Crippen LogP contribution in [0, 0.1) is 0 Å². The molecule has 0 spiro atoms. The first kappa shape index (κ1) is 22.2. The predicted molar refractivity (Wildman–Crippen MR) is 133 cm³/mol. The van der Waals surface area contributed by atoms with E-state index in [2.05, 4.69) is 14.9 Å². The summed E-state index contributed by atoms with van der Waals surface area (Å²) in [4.78, 5) is 16.1. The second kappa shape index (κ2) is 8.64. The van der Waals surface area contributed by atoms with Crippen molar-refractivity contribution in [2.75, 3.05) is 23.7 Å². The van der Waals surface area contributed by atoms with E-state index in [1.54, 1.807) is 36.7 Å². The Bertz CT molecular complexity index is 1470. The first-order valence-electron chi connectivity index (χ1n) is 10.9. The number of nitrogen functional groups attached to an aromatic ring is 1. The van der Waals surface area contributed by atoms with Crippen LogP contribution in [0.4, 0.5) is 11.4 Å². The van der Waals surface area contributed by atoms with Gasteiger partial charge < -0.3 is 16.4 Å². The second-order valence-corrected chi connectivity index (χ2v) is 10.0. The summed E-state index contributed by atoms with van der Waals surface area (Å²) in [5.41, 5.74) is 17.4. The van der Waals surface area contributed by atoms with E-state index in [0.29, 0.717) is 22.8 Å². The number of primary sulfonamides is 1. The van der Waals surface area contributed by atoms with Gasteiger partial charge in [0.1, 0.15) is 5.69 Å². The van der Waals surface area contributed by atoms with Gasteiger partial charge in [-0.2, -0.15) is 0 Å². The standard InChI is InChI=1S/C24H25N7O2S/c25-16-2-1-11-31(14-16)23-9-10-28-22-13-29-21(12-18(22)23)24-19(26)7-8-20(30-24)15-3-5-17(6-4-15)34(27,32)33/h3-10,12-13,16H,1-2,11,14,25-26H2,(H2,27,32,33)/t16-/m0/s1. The van der Waals surface area contributed by atoms with Crippen molar-refractivity contribution >= 4 is 32.3 Å². The van der Waals surface area contributed by atoms with Gasteiger partial charge in [0.05, 0.1) is 33.7 Å². The highest BCUT2D eigenvalue weighted by atomic mass is 32.2. The topological polar surface area (TPSA) is 154 Å². The van der Waals surface area contributed by atoms with Crippen LogP contribution in [0.1, 0.15) is 12.8 Å². The zero-order chi connectivity index (χ0) is 23.9. The van der Waals surface area contributed by atoms with Crippen LogP contribution >= 0.6 is 0 Å². The van der Waals surface area contributed by atoms with Crippen molar-refractivity contribution in [2.45, 2.75) is 23.8 Å². The van der Waals surface area contributed by atoms with Crippen molar-refractivity contribution in [1.29, 1.82) is 0 Å². The molecule has 34 heavy (non-hydrogen) atoms. The minimum absolute atomic E-state index is 0.0422. The van der Waals surface area contributed by atoms with E-state index in [9.17, 15) is 8.42 Å². The van der Waals surface area contributed by atoms with Gasteiger partial charge in [-0.05, 0) is 49.2 Å². The van der Waals surface area contributed by atoms with Gasteiger partial charge in [0.25, 0.3) is 0 Å². The Hall–Kier alpha value is -3.60. The third kappa shape index (κ3) is 4.30. The molecular weight excluding hydrogens is 450 g/mol. The Balaban J connectivity index is 1.56. The molecule has 3 aromatic heterocycles. The fourth-order valence-electron chi connectivity index (χ4n) is 4.32. The number of sulfonamides is 1. The van der Waals surface area contributed by atoms with Crippen molar-refractivity contribution in [3.05, 3.63) is 60.9 Å². The van der Waals surface area contributed by atoms with E-state index in [0.717, 1.165) is 48.1 Å². The zero-order valence-corrected chi connectivity index (χ0v) is 19.2. The van der Waals surface area contributed by atoms with Crippen molar-refractivity contribution in [1.82, 2.24) is 15.0 Å². The summed E-state index contributed by atoms with van der Waals surface area (Å²) in [5, 5.41) is 6.16. The third-order valence-corrected chi connectivity index (χ3v) is 6.98. The van der Waals surface area contributed by atoms with E-state index in [1.807, 2.05) is 12.1 Å². The molecule has 1 aliphatic heterocycles. The summed E-state index contributed by atoms with van der Waals surface area (Å²) in [7, 11) is -3.77. The number of anilines is 2. The molecule has 1 fully saturated rings. The summed E-state index contributed by atoms with van der Waals surface area (Å²) in [6.45, 7) is 1.73. The van der Waals surface area contributed by atoms with Gasteiger partial charge in [-0.1, -0.05) is 12.1 Å². The lowest BCUT2D eigenvalue weighted by atomic mass is 10.0. The van der Waals surface area contributed by atoms with Crippen LogP contribution in [0.2, 0.25) is 0 Å². The largest absolute Gasteiger partial charge is 0.397 e. The van der Waals surface area contributed by atoms with Gasteiger partial charge in [-0.25, -0.2) is 18.5 Å². The molecule has 0 amide bonds. The lowest BCUT2D eigenvalue weighted by Gasteiger charge is -2.33. The average molecular weight is 476 g/mol. The van der Waals surface area contributed by atoms with Crippen LogP contribution in [0.5, 0.6) is 0 Å². The summed E-state index contributed by atoms with van der Waals surface area (Å²) in [6.07, 6.45) is 5.59. The molecule has 0 saturated carbocycles. The molecule has 4 heterocycles. The summed E-state index contributed by atoms with van der Waals surface area (Å²) in [5.74, 6) is 0. The number of nitrogens with zero attached hydrogens (tertiary/aromatic N) is 4. The van der Waals surface area contributed by atoms with Crippen LogP contribution in [0.15, 0.2) is 65.8 Å². The lowest BCUT2D eigenvalue weighted by molar-refractivity contribution is 0.507. The number of nitrogens with two attached hydrogens (primary N) is 3. The summed E-state index contributed by atoms with van der Waals surface area (Å²) < 4.78 is 23.1. The minimum atomic E-state index is -3.77. The Labute approximate surface area is 197 Å². The molecule has 0 bridgehead atoms. The molecule has 1 aliphatic rings. The number of benzene rings is 1. The predicted octanol–water partition coefficient (Wildman–Crippen LogP) is 2.52. The molecule has 174 valence electrons. The van der Waals surface area contributed by atoms with Crippen LogP contribution in [-0.2, 0) is 10.0 Å². The maximum absolute atomic E-state index is 11.6. The summed E-state index contributed by atoms with van der Waals surface area (Å²) in [6, 6.07) is 13.9. The number of pyridine rings is 3. The van der Waals surface area contributed by atoms with Crippen LogP contribution in [-0.4, -0.2) is 42.5 Å². The van der Waals surface area contributed by atoms with Gasteiger partial charge in [-0.3, -0.25) is 9.97 Å². The van der Waals surface area contributed by atoms with Gasteiger partial charge in [0.2, 0.25) is 10.0 Å². The smallest absolute Gasteiger partial charge is 0.238 e. The van der Waals surface area contributed by atoms with E-state index in [1.165, 1.54) is 12.1 Å². The number of hydrogen-bond acceptors (Lipinski definition) is 8. The number of piperidine rings is 1. The van der Waals surface area contributed by atoms with Gasteiger partial charge >= 0.3 is 0 Å². The van der Waals surface area contributed by atoms with Gasteiger partial charge in [0.15, 0.2) is 0 Å². The molecule has 1 saturated heterocycles. The molecule has 5 rings (SSSR count). The Morgan fingerprint density at radius 2 is 1.79 bits per heavy atom. The summed E-state index contributed by atoms with van der Waals surface area (Å²) >= 11 is 0. The normalized spacial score (nSPS) is 16.6. The lowest BCUT2D eigenvalue weighted by Crippen LogP contribution is -2.42. The number of hydrogen-bond donors (Lipinski definition) is 3. The molecule has 0 aliphatic carbocycles. The highest BCUT2D eigenvalue weighted by Crippen LogP contribution is 2.32. The van der Waals surface area contributed by atoms with Gasteiger partial charge in [0, 0.05) is 42.0 Å². The Morgan fingerprint density at radius 1 is 1.00 bits per heavy atom. The minimum Gasteiger partial charge on any atom is -0.397 e. The zero-order valence-electron chi connectivity index (χ0n) is 18.4. The second-order valence-electron chi connectivity index (χ2n) is 8.47. The quantitative estimate of drug-likeness (QED) is 0.407. The SMILES string of the molecule is Nc1ccc(-c2ccc(S(N)(=O)=O)cc2)nc1-c1cc2c(N3CCC[C@H](N)C3)ccnc2cn1. The molecule has 10 heteroatoms. The van der Waals surface area contributed by atoms with Gasteiger partial charge in [-0.15, -0.1) is 0 Å². The molecule has 1 atom stereocenters. The fourth-order valence-corrected chi connectivity index (χ4v) is 4.83. The van der Waals surface area contributed by atoms with Crippen LogP contribution in [0.25, 0.3) is 33.5 Å². The molecule has 9 nitrogen and oxygen atoms in total. The molecule has 0 unspecified atom stereocenters. The van der Waals surface area contributed by atoms with E-state index < -0.39 is 10.0 Å². The number of fused-ring (bicyclic) bond motifs is 1. The van der Waals surface area contributed by atoms with E-state index in [-0.39, 0.29) is 10.9 Å². The molecular formula is C24H25N7O2S. The molecule has 6 N–H and O–H groups in total. The number of aromatic nitrogens is 3. The molecule has 1 aromatic carbocycles. The highest BCUT2D eigenvalue weighted by molar-refractivity contribution is 7.89. The number of rotatable bonds is 4. The van der Waals surface area contributed by atoms with Crippen molar-refractivity contribution in [3.63, 3.8) is 0 Å². The molecule has 4 aromatic rings. The highest BCUT2D eigenvalue weighted by Gasteiger charge is 2.20. The van der Waals surface area contributed by atoms with Crippen LogP contribution in [0.3, 0.4) is 0 Å². The first-order chi connectivity index (χ1) is 16.3. The molecule has 0 radical (unpaired) electrons. The van der Waals surface area contributed by atoms with E-state index in [4.69, 9.17) is 21.6 Å².